The van der Waals surface area contributed by atoms with Gasteiger partial charge in [-0.2, -0.15) is 0 Å². The molecule has 0 amide bonds. The number of benzene rings is 2. The molecule has 0 bridgehead atoms. The van der Waals surface area contributed by atoms with Crippen LogP contribution >= 0.6 is 27.5 Å². The van der Waals surface area contributed by atoms with Gasteiger partial charge in [-0.1, -0.05) is 33.6 Å². The van der Waals surface area contributed by atoms with Gasteiger partial charge in [0.15, 0.2) is 0 Å². The normalized spacial score (nSPS) is 10.3. The lowest BCUT2D eigenvalue weighted by molar-refractivity contribution is 0.410. The molecule has 100 valence electrons. The number of hydrogen-bond acceptors (Lipinski definition) is 2. The highest BCUT2D eigenvalue weighted by Gasteiger charge is 2.08. The minimum absolute atomic E-state index is 0.297. The minimum atomic E-state index is -0.374. The van der Waals surface area contributed by atoms with E-state index >= 15 is 0 Å². The molecule has 2 aromatic carbocycles. The van der Waals surface area contributed by atoms with Crippen LogP contribution in [-0.4, -0.2) is 7.11 Å². The number of anilines is 1. The lowest BCUT2D eigenvalue weighted by Gasteiger charge is -2.12. The maximum absolute atomic E-state index is 13.6. The molecule has 0 saturated carbocycles. The van der Waals surface area contributed by atoms with Crippen molar-refractivity contribution in [3.05, 3.63) is 57.3 Å². The number of halogens is 3. The van der Waals surface area contributed by atoms with E-state index in [9.17, 15) is 4.39 Å². The monoisotopic (exact) mass is 343 g/mol. The van der Waals surface area contributed by atoms with Crippen LogP contribution in [0, 0.1) is 5.82 Å². The van der Waals surface area contributed by atoms with Gasteiger partial charge in [-0.05, 0) is 30.3 Å². The molecular weight excluding hydrogens is 333 g/mol. The summed E-state index contributed by atoms with van der Waals surface area (Å²) in [7, 11) is 1.60. The van der Waals surface area contributed by atoms with Crippen molar-refractivity contribution in [3.63, 3.8) is 0 Å². The first-order valence-electron chi connectivity index (χ1n) is 5.62. The molecule has 0 fully saturated rings. The predicted molar refractivity (Wildman–Crippen MR) is 79.4 cm³/mol. The molecule has 0 saturated heterocycles. The minimum Gasteiger partial charge on any atom is -0.496 e. The molecule has 1 N–H and O–H groups in total. The molecule has 0 aliphatic rings. The van der Waals surface area contributed by atoms with Gasteiger partial charge in [-0.15, -0.1) is 0 Å². The number of nitrogens with one attached hydrogen (secondary N) is 1. The van der Waals surface area contributed by atoms with Crippen LogP contribution in [0.25, 0.3) is 0 Å². The Morgan fingerprint density at radius 3 is 2.79 bits per heavy atom. The highest BCUT2D eigenvalue weighted by Crippen LogP contribution is 2.28. The van der Waals surface area contributed by atoms with Crippen molar-refractivity contribution in [2.24, 2.45) is 0 Å². The van der Waals surface area contributed by atoms with Crippen molar-refractivity contribution in [1.82, 2.24) is 0 Å². The maximum Gasteiger partial charge on any atom is 0.147 e. The highest BCUT2D eigenvalue weighted by atomic mass is 79.9. The van der Waals surface area contributed by atoms with Crippen molar-refractivity contribution in [2.45, 2.75) is 6.54 Å². The molecule has 2 aromatic rings. The number of ether oxygens (including phenoxy) is 1. The average molecular weight is 345 g/mol. The Kier molecular flexibility index (Phi) is 4.66. The van der Waals surface area contributed by atoms with Crippen LogP contribution in [0.1, 0.15) is 5.56 Å². The summed E-state index contributed by atoms with van der Waals surface area (Å²) in [4.78, 5) is 0. The van der Waals surface area contributed by atoms with Crippen molar-refractivity contribution in [2.75, 3.05) is 12.4 Å². The molecule has 19 heavy (non-hydrogen) atoms. The fraction of sp³-hybridized carbons (Fsp3) is 0.143. The van der Waals surface area contributed by atoms with E-state index in [0.29, 0.717) is 17.3 Å². The van der Waals surface area contributed by atoms with E-state index in [1.165, 1.54) is 6.07 Å². The van der Waals surface area contributed by atoms with Gasteiger partial charge in [0.1, 0.15) is 11.6 Å². The van der Waals surface area contributed by atoms with E-state index in [4.69, 9.17) is 16.3 Å². The number of para-hydroxylation sites is 1. The van der Waals surface area contributed by atoms with Gasteiger partial charge in [-0.3, -0.25) is 0 Å². The molecule has 5 heteroatoms. The second kappa shape index (κ2) is 6.26. The fourth-order valence-corrected chi connectivity index (χ4v) is 2.37. The summed E-state index contributed by atoms with van der Waals surface area (Å²) in [5.74, 6) is 0.365. The highest BCUT2D eigenvalue weighted by molar-refractivity contribution is 9.10. The number of hydrogen-bond donors (Lipinski definition) is 1. The van der Waals surface area contributed by atoms with Crippen LogP contribution in [0.2, 0.25) is 5.02 Å². The van der Waals surface area contributed by atoms with Gasteiger partial charge in [0.2, 0.25) is 0 Å². The zero-order valence-electron chi connectivity index (χ0n) is 10.2. The molecule has 0 atom stereocenters. The zero-order valence-corrected chi connectivity index (χ0v) is 12.6. The number of methoxy groups -OCH3 is 1. The fourth-order valence-electron chi connectivity index (χ4n) is 1.74. The smallest absolute Gasteiger partial charge is 0.147 e. The second-order valence-corrected chi connectivity index (χ2v) is 5.23. The Bertz CT molecular complexity index is 571. The summed E-state index contributed by atoms with van der Waals surface area (Å²) >= 11 is 9.35. The summed E-state index contributed by atoms with van der Waals surface area (Å²) in [5.41, 5.74) is 1.21. The van der Waals surface area contributed by atoms with Crippen molar-refractivity contribution in [3.8, 4) is 5.75 Å². The van der Waals surface area contributed by atoms with Crippen LogP contribution in [0.3, 0.4) is 0 Å². The maximum atomic E-state index is 13.6. The Morgan fingerprint density at radius 2 is 2.11 bits per heavy atom. The van der Waals surface area contributed by atoms with E-state index in [-0.39, 0.29) is 5.82 Å². The zero-order chi connectivity index (χ0) is 13.8. The Hall–Kier alpha value is -1.26. The summed E-state index contributed by atoms with van der Waals surface area (Å²) < 4.78 is 19.8. The summed E-state index contributed by atoms with van der Waals surface area (Å²) in [6.07, 6.45) is 0. The molecule has 0 spiro atoms. The van der Waals surface area contributed by atoms with Crippen LogP contribution in [-0.2, 0) is 6.54 Å². The largest absolute Gasteiger partial charge is 0.496 e. The molecule has 2 nitrogen and oxygen atoms in total. The molecule has 2 rings (SSSR count). The SMILES string of the molecule is COc1ccc(Br)cc1CNc1c(F)cccc1Cl. The molecule has 0 radical (unpaired) electrons. The molecule has 0 unspecified atom stereocenters. The van der Waals surface area contributed by atoms with E-state index in [0.717, 1.165) is 15.8 Å². The number of rotatable bonds is 4. The molecule has 0 aliphatic carbocycles. The molecule has 0 aromatic heterocycles. The third-order valence-corrected chi connectivity index (χ3v) is 3.47. The Labute approximate surface area is 124 Å². The Balaban J connectivity index is 2.21. The van der Waals surface area contributed by atoms with Gasteiger partial charge in [0.05, 0.1) is 17.8 Å². The van der Waals surface area contributed by atoms with E-state index in [1.54, 1.807) is 19.2 Å². The van der Waals surface area contributed by atoms with Crippen molar-refractivity contribution < 1.29 is 9.13 Å². The van der Waals surface area contributed by atoms with Crippen LogP contribution in [0.4, 0.5) is 10.1 Å². The second-order valence-electron chi connectivity index (χ2n) is 3.91. The first-order chi connectivity index (χ1) is 9.11. The molecule has 0 aliphatic heterocycles. The topological polar surface area (TPSA) is 21.3 Å². The summed E-state index contributed by atoms with van der Waals surface area (Å²) in [6, 6.07) is 10.2. The van der Waals surface area contributed by atoms with Crippen molar-refractivity contribution >= 4 is 33.2 Å². The van der Waals surface area contributed by atoms with Gasteiger partial charge in [0.25, 0.3) is 0 Å². The quantitative estimate of drug-likeness (QED) is 0.855. The molecular formula is C14H12BrClFNO. The third kappa shape index (κ3) is 3.39. The van der Waals surface area contributed by atoms with Gasteiger partial charge >= 0.3 is 0 Å². The van der Waals surface area contributed by atoms with Gasteiger partial charge in [0, 0.05) is 16.6 Å². The standard InChI is InChI=1S/C14H12BrClFNO/c1-19-13-6-5-10(15)7-9(13)8-18-14-11(16)3-2-4-12(14)17/h2-7,18H,8H2,1H3. The van der Waals surface area contributed by atoms with Crippen LogP contribution < -0.4 is 10.1 Å². The Morgan fingerprint density at radius 1 is 1.32 bits per heavy atom. The van der Waals surface area contributed by atoms with Crippen LogP contribution in [0.15, 0.2) is 40.9 Å². The first-order valence-corrected chi connectivity index (χ1v) is 6.79. The lowest BCUT2D eigenvalue weighted by Crippen LogP contribution is -2.04. The predicted octanol–water partition coefficient (Wildman–Crippen LogP) is 4.86. The van der Waals surface area contributed by atoms with E-state index in [2.05, 4.69) is 21.2 Å². The average Bonchev–Trinajstić information content (AvgIpc) is 2.38. The van der Waals surface area contributed by atoms with E-state index in [1.807, 2.05) is 18.2 Å². The van der Waals surface area contributed by atoms with Crippen molar-refractivity contribution in [1.29, 1.82) is 0 Å². The molecule has 0 heterocycles. The summed E-state index contributed by atoms with van der Waals surface area (Å²) in [5, 5.41) is 3.35. The van der Waals surface area contributed by atoms with Gasteiger partial charge in [-0.25, -0.2) is 4.39 Å². The lowest BCUT2D eigenvalue weighted by atomic mass is 10.2. The van der Waals surface area contributed by atoms with E-state index < -0.39 is 0 Å². The first kappa shape index (κ1) is 14.2. The van der Waals surface area contributed by atoms with Crippen LogP contribution in [0.5, 0.6) is 5.75 Å². The van der Waals surface area contributed by atoms with Gasteiger partial charge < -0.3 is 10.1 Å². The summed E-state index contributed by atoms with van der Waals surface area (Å²) in [6.45, 7) is 0.420. The third-order valence-electron chi connectivity index (χ3n) is 2.66.